The van der Waals surface area contributed by atoms with Crippen molar-refractivity contribution in [3.63, 3.8) is 0 Å². The Morgan fingerprint density at radius 1 is 1.60 bits per heavy atom. The van der Waals surface area contributed by atoms with Gasteiger partial charge in [0, 0.05) is 5.39 Å². The molecule has 0 bridgehead atoms. The zero-order valence-corrected chi connectivity index (χ0v) is 11.3. The Balaban J connectivity index is 2.69. The molecule has 2 N–H and O–H groups in total. The number of benzene rings is 1. The highest BCUT2D eigenvalue weighted by atomic mass is 127. The summed E-state index contributed by atoms with van der Waals surface area (Å²) in [5.74, 6) is 5.17. The average molecular weight is 332 g/mol. The van der Waals surface area contributed by atoms with E-state index in [9.17, 15) is 0 Å². The molecule has 1 aromatic carbocycles. The summed E-state index contributed by atoms with van der Waals surface area (Å²) in [6.45, 7) is 2.04. The second-order valence-corrected chi connectivity index (χ2v) is 5.23. The van der Waals surface area contributed by atoms with Crippen LogP contribution in [0.3, 0.4) is 0 Å². The molecule has 0 radical (unpaired) electrons. The second kappa shape index (κ2) is 4.45. The maximum atomic E-state index is 5.17. The molecule has 2 rings (SSSR count). The fourth-order valence-electron chi connectivity index (χ4n) is 1.49. The molecule has 0 aliphatic rings. The number of hydrazone groups is 1. The van der Waals surface area contributed by atoms with Crippen LogP contribution in [-0.4, -0.2) is 15.8 Å². The molecule has 2 aromatic rings. The van der Waals surface area contributed by atoms with Gasteiger partial charge in [0.15, 0.2) is 0 Å². The monoisotopic (exact) mass is 332 g/mol. The number of nitrogens with two attached hydrogens (primary N) is 1. The quantitative estimate of drug-likeness (QED) is 0.302. The van der Waals surface area contributed by atoms with E-state index in [-0.39, 0.29) is 0 Å². The van der Waals surface area contributed by atoms with Crippen LogP contribution in [0.1, 0.15) is 11.1 Å². The number of nitrogens with zero attached hydrogens (tertiary/aromatic N) is 3. The van der Waals surface area contributed by atoms with Crippen LogP contribution >= 0.6 is 28.4 Å². The summed E-state index contributed by atoms with van der Waals surface area (Å²) in [5, 5.41) is 9.02. The molecule has 0 saturated carbocycles. The van der Waals surface area contributed by atoms with Crippen LogP contribution in [0.5, 0.6) is 0 Å². The lowest BCUT2D eigenvalue weighted by Gasteiger charge is -2.02. The number of hydrogen-bond donors (Lipinski definition) is 1. The van der Waals surface area contributed by atoms with Crippen LogP contribution in [0.15, 0.2) is 23.4 Å². The van der Waals surface area contributed by atoms with Crippen molar-refractivity contribution in [1.82, 2.24) is 9.55 Å². The number of rotatable bonds is 2. The van der Waals surface area contributed by atoms with Crippen LogP contribution in [-0.2, 0) is 0 Å². The van der Waals surface area contributed by atoms with Gasteiger partial charge in [-0.25, -0.2) is 4.45 Å². The van der Waals surface area contributed by atoms with Gasteiger partial charge in [-0.05, 0) is 52.2 Å². The van der Waals surface area contributed by atoms with E-state index < -0.39 is 0 Å². The third-order valence-electron chi connectivity index (χ3n) is 2.25. The first-order valence-electron chi connectivity index (χ1n) is 4.34. The molecule has 1 atom stereocenters. The number of fused-ring (bicyclic) bond motifs is 1. The lowest BCUT2D eigenvalue weighted by atomic mass is 10.1. The molecule has 0 amide bonds. The number of aryl methyl sites for hydroxylation is 1. The summed E-state index contributed by atoms with van der Waals surface area (Å²) in [6.07, 6.45) is 4.16. The van der Waals surface area contributed by atoms with E-state index in [0.717, 1.165) is 22.0 Å². The summed E-state index contributed by atoms with van der Waals surface area (Å²) >= 11 is 2.31. The molecule has 0 aliphatic carbocycles. The Bertz CT molecular complexity index is 520. The predicted molar refractivity (Wildman–Crippen MR) is 74.0 cm³/mol. The summed E-state index contributed by atoms with van der Waals surface area (Å²) in [6, 6.07) is 4.17. The number of halogens is 1. The van der Waals surface area contributed by atoms with Crippen molar-refractivity contribution in [2.75, 3.05) is 0 Å². The first-order valence-corrected chi connectivity index (χ1v) is 8.40. The zero-order chi connectivity index (χ0) is 10.8. The van der Waals surface area contributed by atoms with Crippen molar-refractivity contribution < 1.29 is 0 Å². The SMILES string of the molecule is Cc1cc2cnn(PI)c2cc1/C=N\N. The molecule has 1 unspecified atom stereocenters. The largest absolute Gasteiger partial charge is 0.323 e. The van der Waals surface area contributed by atoms with Gasteiger partial charge in [0.25, 0.3) is 0 Å². The van der Waals surface area contributed by atoms with E-state index >= 15 is 0 Å². The summed E-state index contributed by atoms with van der Waals surface area (Å²) < 4.78 is 1.98. The molecular formula is C9H10IN4P. The van der Waals surface area contributed by atoms with Gasteiger partial charge in [0.05, 0.1) is 24.3 Å². The maximum absolute atomic E-state index is 5.17. The third kappa shape index (κ3) is 1.99. The molecular weight excluding hydrogens is 322 g/mol. The Morgan fingerprint density at radius 2 is 2.40 bits per heavy atom. The normalized spacial score (nSPS) is 12.4. The molecule has 6 heteroatoms. The van der Waals surface area contributed by atoms with Crippen molar-refractivity contribution in [3.05, 3.63) is 29.5 Å². The topological polar surface area (TPSA) is 56.2 Å². The zero-order valence-electron chi connectivity index (χ0n) is 8.11. The van der Waals surface area contributed by atoms with E-state index in [2.05, 4.69) is 44.4 Å². The van der Waals surface area contributed by atoms with Crippen LogP contribution < -0.4 is 5.84 Å². The van der Waals surface area contributed by atoms with Crippen molar-refractivity contribution in [3.8, 4) is 0 Å². The molecule has 0 saturated heterocycles. The fraction of sp³-hybridized carbons (Fsp3) is 0.111. The van der Waals surface area contributed by atoms with E-state index in [4.69, 9.17) is 5.84 Å². The lowest BCUT2D eigenvalue weighted by Crippen LogP contribution is -1.91. The van der Waals surface area contributed by atoms with Gasteiger partial charge in [-0.15, -0.1) is 0 Å². The minimum Gasteiger partial charge on any atom is -0.323 e. The first kappa shape index (κ1) is 10.8. The van der Waals surface area contributed by atoms with Gasteiger partial charge in [-0.3, -0.25) is 0 Å². The van der Waals surface area contributed by atoms with Gasteiger partial charge < -0.3 is 5.84 Å². The molecule has 0 spiro atoms. The molecule has 4 nitrogen and oxygen atoms in total. The predicted octanol–water partition coefficient (Wildman–Crippen LogP) is 2.43. The van der Waals surface area contributed by atoms with Crippen LogP contribution in [0.4, 0.5) is 0 Å². The fourth-order valence-corrected chi connectivity index (χ4v) is 3.03. The van der Waals surface area contributed by atoms with Gasteiger partial charge in [-0.2, -0.15) is 10.2 Å². The van der Waals surface area contributed by atoms with Gasteiger partial charge in [-0.1, -0.05) is 0 Å². The first-order chi connectivity index (χ1) is 7.26. The Morgan fingerprint density at radius 3 is 3.07 bits per heavy atom. The molecule has 1 aromatic heterocycles. The van der Waals surface area contributed by atoms with E-state index in [1.165, 1.54) is 0 Å². The van der Waals surface area contributed by atoms with Crippen molar-refractivity contribution in [1.29, 1.82) is 0 Å². The van der Waals surface area contributed by atoms with E-state index in [0.29, 0.717) is 6.37 Å². The van der Waals surface area contributed by atoms with Crippen LogP contribution in [0, 0.1) is 6.92 Å². The highest BCUT2D eigenvalue weighted by molar-refractivity contribution is 14.2. The average Bonchev–Trinajstić information content (AvgIpc) is 2.61. The summed E-state index contributed by atoms with van der Waals surface area (Å²) in [5.41, 5.74) is 3.33. The van der Waals surface area contributed by atoms with E-state index in [1.807, 2.05) is 17.6 Å². The molecule has 78 valence electrons. The molecule has 1 heterocycles. The molecule has 0 aliphatic heterocycles. The molecule has 15 heavy (non-hydrogen) atoms. The molecule has 0 fully saturated rings. The Labute approximate surface area is 102 Å². The third-order valence-corrected chi connectivity index (χ3v) is 4.14. The minimum atomic E-state index is 0.603. The second-order valence-electron chi connectivity index (χ2n) is 3.19. The van der Waals surface area contributed by atoms with Crippen molar-refractivity contribution >= 4 is 45.5 Å². The van der Waals surface area contributed by atoms with Crippen LogP contribution in [0.25, 0.3) is 10.9 Å². The maximum Gasteiger partial charge on any atom is 0.0736 e. The van der Waals surface area contributed by atoms with Gasteiger partial charge in [0.1, 0.15) is 0 Å². The smallest absolute Gasteiger partial charge is 0.0736 e. The van der Waals surface area contributed by atoms with Crippen molar-refractivity contribution in [2.45, 2.75) is 6.92 Å². The lowest BCUT2D eigenvalue weighted by molar-refractivity contribution is 1.04. The number of hydrogen-bond acceptors (Lipinski definition) is 3. The van der Waals surface area contributed by atoms with Crippen molar-refractivity contribution in [2.24, 2.45) is 10.9 Å². The Kier molecular flexibility index (Phi) is 3.21. The van der Waals surface area contributed by atoms with E-state index in [1.54, 1.807) is 6.21 Å². The Hall–Kier alpha value is -0.680. The highest BCUT2D eigenvalue weighted by Gasteiger charge is 2.04. The summed E-state index contributed by atoms with van der Waals surface area (Å²) in [4.78, 5) is 0. The van der Waals surface area contributed by atoms with Gasteiger partial charge in [0.2, 0.25) is 0 Å². The van der Waals surface area contributed by atoms with Crippen LogP contribution in [0.2, 0.25) is 0 Å². The standard InChI is InChI=1S/C9H10IN4P/c1-6-2-8-5-13-14(15-10)9(8)3-7(6)4-12-11/h2-5,15H,11H2,1H3/b12-4-. The van der Waals surface area contributed by atoms with Gasteiger partial charge >= 0.3 is 0 Å². The highest BCUT2D eigenvalue weighted by Crippen LogP contribution is 2.29. The minimum absolute atomic E-state index is 0.603. The number of aromatic nitrogens is 2. The summed E-state index contributed by atoms with van der Waals surface area (Å²) in [7, 11) is 0.